The molecule has 0 saturated carbocycles. The van der Waals surface area contributed by atoms with Gasteiger partial charge in [0, 0.05) is 25.0 Å². The third-order valence-corrected chi connectivity index (χ3v) is 11.3. The Bertz CT molecular complexity index is 1810. The molecule has 1 aromatic carbocycles. The van der Waals surface area contributed by atoms with Crippen LogP contribution in [-0.4, -0.2) is 131 Å². The average Bonchev–Trinajstić information content (AvgIpc) is 3.52. The molecule has 2 bridgehead atoms. The minimum absolute atomic E-state index is 0.00208. The molecular weight excluding hydrogens is 829 g/mol. The standard InChI is InChI=1S/C43H70N12O9/c1-23(2)18-29(44)38(60)54-33(22-56)41(63)51-30(12-9-17-48-43(46)47)39(61)52-31(19-24(3)4)40(62)53-32(20-26-10-7-6-8-11-26)42(64)55-27-13-15-28(34(55)16-14-27)37(59)49-21-35(57)50-25(5)36(45)58/h6-8,10-11,23-25,27-34,56H,9,12-22,44H2,1-5H3,(H2,45,58)(H,49,59)(H,50,57)(H,51,63)(H,52,61)(H,53,62)(H,54,60)(H4,46,47,48)/t25-,27-,28-,29-,30-,31-,32-,33-,34-/m0/s1. The maximum Gasteiger partial charge on any atom is 0.246 e. The summed E-state index contributed by atoms with van der Waals surface area (Å²) in [4.78, 5) is 112. The Labute approximate surface area is 374 Å². The second kappa shape index (κ2) is 25.5. The number of nitrogens with two attached hydrogens (primary N) is 4. The number of piperidine rings is 1. The van der Waals surface area contributed by atoms with Crippen molar-refractivity contribution in [3.05, 3.63) is 35.9 Å². The van der Waals surface area contributed by atoms with Gasteiger partial charge in [0.2, 0.25) is 47.3 Å². The number of nitrogens with zero attached hydrogens (tertiary/aromatic N) is 2. The third-order valence-electron chi connectivity index (χ3n) is 11.3. The van der Waals surface area contributed by atoms with Crippen LogP contribution in [0.5, 0.6) is 0 Å². The van der Waals surface area contributed by atoms with Crippen LogP contribution in [0.4, 0.5) is 0 Å². The van der Waals surface area contributed by atoms with Crippen LogP contribution in [0.25, 0.3) is 0 Å². The summed E-state index contributed by atoms with van der Waals surface area (Å²) in [7, 11) is 0. The summed E-state index contributed by atoms with van der Waals surface area (Å²) in [5.41, 5.74) is 22.9. The second-order valence-corrected chi connectivity index (χ2v) is 17.6. The molecule has 0 radical (unpaired) electrons. The number of hydrogen-bond acceptors (Lipinski definition) is 11. The normalized spacial score (nSPS) is 19.5. The van der Waals surface area contributed by atoms with Crippen LogP contribution < -0.4 is 54.8 Å². The number of rotatable bonds is 25. The van der Waals surface area contributed by atoms with Crippen molar-refractivity contribution >= 4 is 53.2 Å². The van der Waals surface area contributed by atoms with Crippen molar-refractivity contribution in [2.45, 2.75) is 141 Å². The highest BCUT2D eigenvalue weighted by molar-refractivity contribution is 5.96. The molecule has 1 aromatic rings. The quantitative estimate of drug-likeness (QED) is 0.0276. The van der Waals surface area contributed by atoms with Gasteiger partial charge in [0.15, 0.2) is 5.96 Å². The van der Waals surface area contributed by atoms with Gasteiger partial charge in [-0.25, -0.2) is 0 Å². The molecule has 15 N–H and O–H groups in total. The molecule has 21 heteroatoms. The molecular formula is C43H70N12O9. The summed E-state index contributed by atoms with van der Waals surface area (Å²) in [5, 5.41) is 25.8. The van der Waals surface area contributed by atoms with Crippen LogP contribution in [0.1, 0.15) is 91.5 Å². The summed E-state index contributed by atoms with van der Waals surface area (Å²) in [5.74, 6) is -5.92. The Morgan fingerprint density at radius 2 is 1.31 bits per heavy atom. The number of guanidine groups is 1. The van der Waals surface area contributed by atoms with E-state index in [4.69, 9.17) is 22.9 Å². The van der Waals surface area contributed by atoms with E-state index in [1.165, 1.54) is 6.92 Å². The smallest absolute Gasteiger partial charge is 0.246 e. The summed E-state index contributed by atoms with van der Waals surface area (Å²) < 4.78 is 0. The number of hydrogen-bond donors (Lipinski definition) is 11. The molecule has 0 aromatic heterocycles. The van der Waals surface area contributed by atoms with Crippen LogP contribution in [-0.2, 0) is 44.8 Å². The monoisotopic (exact) mass is 899 g/mol. The van der Waals surface area contributed by atoms with Crippen molar-refractivity contribution in [3.8, 4) is 0 Å². The third kappa shape index (κ3) is 16.4. The first kappa shape index (κ1) is 52.5. The number of primary amides is 1. The Morgan fingerprint density at radius 1 is 0.734 bits per heavy atom. The van der Waals surface area contributed by atoms with Crippen molar-refractivity contribution < 1.29 is 43.5 Å². The van der Waals surface area contributed by atoms with Gasteiger partial charge in [0.05, 0.1) is 25.1 Å². The lowest BCUT2D eigenvalue weighted by atomic mass is 9.88. The van der Waals surface area contributed by atoms with E-state index >= 15 is 0 Å². The molecule has 9 atom stereocenters. The summed E-state index contributed by atoms with van der Waals surface area (Å²) in [6.45, 7) is 7.82. The number of nitrogens with one attached hydrogen (secondary N) is 6. The predicted molar refractivity (Wildman–Crippen MR) is 238 cm³/mol. The first-order valence-electron chi connectivity index (χ1n) is 22.1. The largest absolute Gasteiger partial charge is 0.394 e. The lowest BCUT2D eigenvalue weighted by Gasteiger charge is -2.41. The first-order chi connectivity index (χ1) is 30.2. The average molecular weight is 899 g/mol. The zero-order valence-corrected chi connectivity index (χ0v) is 37.6. The molecule has 0 spiro atoms. The van der Waals surface area contributed by atoms with E-state index in [1.54, 1.807) is 17.0 Å². The van der Waals surface area contributed by atoms with Crippen molar-refractivity contribution in [2.75, 3.05) is 19.7 Å². The summed E-state index contributed by atoms with van der Waals surface area (Å²) in [6.07, 6.45) is 2.95. The fourth-order valence-corrected chi connectivity index (χ4v) is 8.08. The van der Waals surface area contributed by atoms with Crippen molar-refractivity contribution in [3.63, 3.8) is 0 Å². The number of carbonyl (C=O) groups is 8. The maximum absolute atomic E-state index is 14.7. The summed E-state index contributed by atoms with van der Waals surface area (Å²) >= 11 is 0. The lowest BCUT2D eigenvalue weighted by molar-refractivity contribution is -0.145. The zero-order valence-electron chi connectivity index (χ0n) is 37.6. The number of amides is 8. The molecule has 356 valence electrons. The van der Waals surface area contributed by atoms with E-state index < -0.39 is 102 Å². The predicted octanol–water partition coefficient (Wildman–Crippen LogP) is -2.49. The number of aliphatic hydroxyl groups excluding tert-OH is 1. The molecule has 0 aliphatic carbocycles. The number of aliphatic hydroxyl groups is 1. The number of benzene rings is 1. The topological polar surface area (TPSA) is 349 Å². The SMILES string of the molecule is CC(C)C[C@H](NC(=O)[C@H](CCCN=C(N)N)NC(=O)[C@H](CO)NC(=O)[C@@H](N)CC(C)C)C(=O)N[C@@H](Cc1ccccc1)C(=O)N1[C@H]2CC[C@H](C(=O)NCC(=O)N[C@@H](C)C(N)=O)[C@@H]1CC2. The molecule has 21 nitrogen and oxygen atoms in total. The van der Waals surface area contributed by atoms with Crippen molar-refractivity contribution in [1.29, 1.82) is 0 Å². The van der Waals surface area contributed by atoms with Gasteiger partial charge >= 0.3 is 0 Å². The highest BCUT2D eigenvalue weighted by atomic mass is 16.3. The van der Waals surface area contributed by atoms with Gasteiger partial charge in [-0.05, 0) is 75.7 Å². The van der Waals surface area contributed by atoms with Crippen LogP contribution in [0.2, 0.25) is 0 Å². The molecule has 2 aliphatic rings. The Balaban J connectivity index is 1.85. The minimum Gasteiger partial charge on any atom is -0.394 e. The molecule has 2 saturated heterocycles. The van der Waals surface area contributed by atoms with Gasteiger partial charge in [0.1, 0.15) is 30.2 Å². The molecule has 2 heterocycles. The van der Waals surface area contributed by atoms with Gasteiger partial charge in [-0.15, -0.1) is 0 Å². The minimum atomic E-state index is -1.44. The Hall–Kier alpha value is -5.83. The highest BCUT2D eigenvalue weighted by Gasteiger charge is 2.49. The van der Waals surface area contributed by atoms with E-state index in [0.717, 1.165) is 5.56 Å². The van der Waals surface area contributed by atoms with Crippen LogP contribution in [0.3, 0.4) is 0 Å². The molecule has 2 fully saturated rings. The van der Waals surface area contributed by atoms with Crippen LogP contribution >= 0.6 is 0 Å². The molecule has 3 rings (SSSR count). The van der Waals surface area contributed by atoms with Gasteiger partial charge in [-0.1, -0.05) is 58.0 Å². The second-order valence-electron chi connectivity index (χ2n) is 17.6. The van der Waals surface area contributed by atoms with Gasteiger partial charge < -0.3 is 64.8 Å². The van der Waals surface area contributed by atoms with E-state index in [2.05, 4.69) is 36.9 Å². The van der Waals surface area contributed by atoms with Crippen LogP contribution in [0, 0.1) is 17.8 Å². The Morgan fingerprint density at radius 3 is 1.92 bits per heavy atom. The van der Waals surface area contributed by atoms with Gasteiger partial charge in [-0.2, -0.15) is 0 Å². The molecule has 8 amide bonds. The van der Waals surface area contributed by atoms with E-state index in [9.17, 15) is 43.5 Å². The van der Waals surface area contributed by atoms with E-state index in [1.807, 2.05) is 45.9 Å². The first-order valence-corrected chi connectivity index (χ1v) is 22.1. The lowest BCUT2D eigenvalue weighted by Crippen LogP contribution is -2.61. The van der Waals surface area contributed by atoms with Gasteiger partial charge in [0.25, 0.3) is 0 Å². The number of fused-ring (bicyclic) bond motifs is 2. The zero-order chi connectivity index (χ0) is 47.7. The maximum atomic E-state index is 14.7. The number of carbonyl (C=O) groups excluding carboxylic acids is 8. The Kier molecular flexibility index (Phi) is 20.9. The fourth-order valence-electron chi connectivity index (χ4n) is 8.08. The molecule has 0 unspecified atom stereocenters. The molecule has 64 heavy (non-hydrogen) atoms. The van der Waals surface area contributed by atoms with Crippen molar-refractivity contribution in [2.24, 2.45) is 45.7 Å². The fraction of sp³-hybridized carbons (Fsp3) is 0.651. The van der Waals surface area contributed by atoms with E-state index in [0.29, 0.717) is 32.1 Å². The van der Waals surface area contributed by atoms with Gasteiger partial charge in [-0.3, -0.25) is 43.3 Å². The van der Waals surface area contributed by atoms with Crippen molar-refractivity contribution in [1.82, 2.24) is 36.8 Å². The van der Waals surface area contributed by atoms with E-state index in [-0.39, 0.29) is 62.6 Å². The number of aliphatic imine (C=N–C) groups is 1. The molecule has 2 aliphatic heterocycles. The highest BCUT2D eigenvalue weighted by Crippen LogP contribution is 2.40. The van der Waals surface area contributed by atoms with Crippen LogP contribution in [0.15, 0.2) is 35.3 Å². The summed E-state index contributed by atoms with van der Waals surface area (Å²) in [6, 6.07) is 1.49.